The second-order valence-electron chi connectivity index (χ2n) is 7.16. The van der Waals surface area contributed by atoms with Gasteiger partial charge in [0.1, 0.15) is 12.2 Å². The molecule has 7 nitrogen and oxygen atoms in total. The molecule has 0 spiro atoms. The zero-order valence-corrected chi connectivity index (χ0v) is 17.7. The molecule has 172 valence electrons. The highest BCUT2D eigenvalue weighted by atomic mass is 32.1. The molecule has 0 fully saturated rings. The quantitative estimate of drug-likeness (QED) is 0.258. The number of anilines is 1. The highest BCUT2D eigenvalue weighted by Crippen LogP contribution is 2.39. The molecule has 3 heterocycles. The first-order chi connectivity index (χ1) is 15.6. The van der Waals surface area contributed by atoms with Gasteiger partial charge in [-0.1, -0.05) is 0 Å². The summed E-state index contributed by atoms with van der Waals surface area (Å²) in [4.78, 5) is 20.1. The Labute approximate surface area is 188 Å². The molecule has 0 aliphatic rings. The van der Waals surface area contributed by atoms with Crippen LogP contribution in [-0.4, -0.2) is 37.8 Å². The smallest absolute Gasteiger partial charge is 0.308 e. The van der Waals surface area contributed by atoms with Crippen molar-refractivity contribution >= 4 is 33.2 Å². The molecule has 12 heteroatoms. The molecule has 1 atom stereocenters. The summed E-state index contributed by atoms with van der Waals surface area (Å²) < 4.78 is 63.2. The van der Waals surface area contributed by atoms with E-state index in [0.717, 1.165) is 28.8 Å². The Bertz CT molecular complexity index is 1330. The number of nitrogens with one attached hydrogen (secondary N) is 1. The number of aromatic nitrogens is 3. The van der Waals surface area contributed by atoms with E-state index >= 15 is 0 Å². The van der Waals surface area contributed by atoms with Crippen LogP contribution in [0.1, 0.15) is 6.42 Å². The number of imidazole rings is 1. The van der Waals surface area contributed by atoms with Gasteiger partial charge in [0, 0.05) is 37.3 Å². The minimum Gasteiger partial charge on any atom is -0.481 e. The predicted octanol–water partition coefficient (Wildman–Crippen LogP) is 5.45. The Morgan fingerprint density at radius 1 is 1.27 bits per heavy atom. The van der Waals surface area contributed by atoms with Gasteiger partial charge in [-0.25, -0.2) is 22.5 Å². The van der Waals surface area contributed by atoms with Crippen LogP contribution in [0.3, 0.4) is 0 Å². The SMILES string of the molecule is Cn1cnc(-c2cc3nccc(Oc4ccc(NC(F)(CC(=O)O)C(F)F)cc4F)c3s2)c1. The molecular formula is C21H16F4N4O3S. The van der Waals surface area contributed by atoms with E-state index in [4.69, 9.17) is 9.84 Å². The van der Waals surface area contributed by atoms with Crippen molar-refractivity contribution in [2.45, 2.75) is 18.6 Å². The predicted molar refractivity (Wildman–Crippen MR) is 114 cm³/mol. The molecule has 33 heavy (non-hydrogen) atoms. The number of carbonyl (C=O) groups is 1. The fourth-order valence-corrected chi connectivity index (χ4v) is 4.10. The summed E-state index contributed by atoms with van der Waals surface area (Å²) in [6.07, 6.45) is -0.162. The Kier molecular flexibility index (Phi) is 5.93. The van der Waals surface area contributed by atoms with Gasteiger partial charge in [-0.15, -0.1) is 11.3 Å². The van der Waals surface area contributed by atoms with Crippen LogP contribution in [0.4, 0.5) is 23.2 Å². The number of alkyl halides is 3. The van der Waals surface area contributed by atoms with Crippen LogP contribution in [0.25, 0.3) is 20.8 Å². The molecule has 0 bridgehead atoms. The molecule has 3 aromatic heterocycles. The maximum absolute atomic E-state index is 14.6. The number of thiophene rings is 1. The van der Waals surface area contributed by atoms with Crippen LogP contribution >= 0.6 is 11.3 Å². The van der Waals surface area contributed by atoms with Crippen LogP contribution in [0.5, 0.6) is 11.5 Å². The number of hydrogen-bond acceptors (Lipinski definition) is 6. The number of carboxylic acids is 1. The van der Waals surface area contributed by atoms with E-state index < -0.39 is 30.4 Å². The Morgan fingerprint density at radius 3 is 2.70 bits per heavy atom. The number of benzene rings is 1. The number of aliphatic carboxylic acids is 1. The largest absolute Gasteiger partial charge is 0.481 e. The normalized spacial score (nSPS) is 13.3. The third-order valence-electron chi connectivity index (χ3n) is 4.59. The maximum Gasteiger partial charge on any atom is 0.308 e. The van der Waals surface area contributed by atoms with Gasteiger partial charge in [0.25, 0.3) is 12.2 Å². The highest BCUT2D eigenvalue weighted by molar-refractivity contribution is 7.22. The first-order valence-corrected chi connectivity index (χ1v) is 10.3. The first-order valence-electron chi connectivity index (χ1n) is 9.46. The number of nitrogens with zero attached hydrogens (tertiary/aromatic N) is 3. The standard InChI is InChI=1S/C21H16F4N4O3S/c1-29-9-14(27-10-29)17-7-13-19(33-17)16(4-5-26-13)32-15-3-2-11(6-12(15)22)28-21(25,20(23)24)8-18(30)31/h2-7,9-10,20,28H,8H2,1H3,(H,30,31). The van der Waals surface area contributed by atoms with E-state index in [2.05, 4.69) is 9.97 Å². The summed E-state index contributed by atoms with van der Waals surface area (Å²) in [5, 5.41) is 10.4. The van der Waals surface area contributed by atoms with Crippen molar-refractivity contribution in [2.75, 3.05) is 5.32 Å². The summed E-state index contributed by atoms with van der Waals surface area (Å²) in [6.45, 7) is 0. The number of carboxylic acid groups (broad SMARTS) is 1. The van der Waals surface area contributed by atoms with E-state index in [1.165, 1.54) is 17.5 Å². The van der Waals surface area contributed by atoms with Gasteiger partial charge < -0.3 is 19.7 Å². The number of pyridine rings is 1. The molecule has 0 saturated carbocycles. The third kappa shape index (κ3) is 4.75. The Morgan fingerprint density at radius 2 is 2.06 bits per heavy atom. The first kappa shape index (κ1) is 22.5. The van der Waals surface area contributed by atoms with Crippen LogP contribution < -0.4 is 10.1 Å². The lowest BCUT2D eigenvalue weighted by molar-refractivity contribution is -0.143. The molecule has 0 saturated heterocycles. The van der Waals surface area contributed by atoms with Gasteiger partial charge >= 0.3 is 5.97 Å². The second kappa shape index (κ2) is 8.70. The molecule has 0 aliphatic carbocycles. The average Bonchev–Trinajstić information content (AvgIpc) is 3.36. The molecule has 0 amide bonds. The monoisotopic (exact) mass is 480 g/mol. The van der Waals surface area contributed by atoms with E-state index in [-0.39, 0.29) is 11.4 Å². The van der Waals surface area contributed by atoms with Crippen molar-refractivity contribution in [1.82, 2.24) is 14.5 Å². The zero-order valence-electron chi connectivity index (χ0n) is 16.9. The minimum atomic E-state index is -3.65. The van der Waals surface area contributed by atoms with Crippen molar-refractivity contribution < 1.29 is 32.2 Å². The molecule has 4 rings (SSSR count). The molecular weight excluding hydrogens is 464 g/mol. The second-order valence-corrected chi connectivity index (χ2v) is 8.22. The van der Waals surface area contributed by atoms with Crippen molar-refractivity contribution in [2.24, 2.45) is 7.05 Å². The molecule has 0 aliphatic heterocycles. The van der Waals surface area contributed by atoms with Gasteiger partial charge in [0.2, 0.25) is 0 Å². The average molecular weight is 480 g/mol. The fourth-order valence-electron chi connectivity index (χ4n) is 3.08. The molecule has 0 radical (unpaired) electrons. The molecule has 1 unspecified atom stereocenters. The van der Waals surface area contributed by atoms with Gasteiger partial charge in [-0.2, -0.15) is 0 Å². The van der Waals surface area contributed by atoms with Crippen LogP contribution in [0.15, 0.2) is 49.1 Å². The van der Waals surface area contributed by atoms with Gasteiger partial charge in [-0.05, 0) is 18.2 Å². The summed E-state index contributed by atoms with van der Waals surface area (Å²) in [7, 11) is 1.84. The summed E-state index contributed by atoms with van der Waals surface area (Å²) in [5.74, 6) is -6.21. The van der Waals surface area contributed by atoms with Crippen molar-refractivity contribution in [3.63, 3.8) is 0 Å². The summed E-state index contributed by atoms with van der Waals surface area (Å²) in [5.41, 5.74) is 0.991. The number of halogens is 4. The van der Waals surface area contributed by atoms with Gasteiger partial charge in [0.15, 0.2) is 11.6 Å². The zero-order chi connectivity index (χ0) is 23.8. The molecule has 4 aromatic rings. The third-order valence-corrected chi connectivity index (χ3v) is 5.75. The number of fused-ring (bicyclic) bond motifs is 1. The van der Waals surface area contributed by atoms with E-state index in [0.29, 0.717) is 16.0 Å². The van der Waals surface area contributed by atoms with Crippen LogP contribution in [0.2, 0.25) is 0 Å². The molecule has 1 aromatic carbocycles. The van der Waals surface area contributed by atoms with Crippen LogP contribution in [-0.2, 0) is 11.8 Å². The minimum absolute atomic E-state index is 0.236. The lowest BCUT2D eigenvalue weighted by Crippen LogP contribution is -2.42. The lowest BCUT2D eigenvalue weighted by atomic mass is 10.1. The fraction of sp³-hybridized carbons (Fsp3) is 0.190. The van der Waals surface area contributed by atoms with Crippen molar-refractivity contribution in [3.05, 3.63) is 54.9 Å². The van der Waals surface area contributed by atoms with Gasteiger partial charge in [0.05, 0.1) is 27.1 Å². The van der Waals surface area contributed by atoms with E-state index in [9.17, 15) is 22.4 Å². The maximum atomic E-state index is 14.6. The number of rotatable bonds is 8. The van der Waals surface area contributed by atoms with E-state index in [1.54, 1.807) is 22.3 Å². The lowest BCUT2D eigenvalue weighted by Gasteiger charge is -2.25. The van der Waals surface area contributed by atoms with Gasteiger partial charge in [-0.3, -0.25) is 9.78 Å². The topological polar surface area (TPSA) is 89.3 Å². The Balaban J connectivity index is 1.60. The molecule has 2 N–H and O–H groups in total. The number of aryl methyl sites for hydroxylation is 1. The number of ether oxygens (including phenoxy) is 1. The summed E-state index contributed by atoms with van der Waals surface area (Å²) >= 11 is 1.35. The van der Waals surface area contributed by atoms with E-state index in [1.807, 2.05) is 19.3 Å². The van der Waals surface area contributed by atoms with Crippen molar-refractivity contribution in [3.8, 4) is 22.1 Å². The summed E-state index contributed by atoms with van der Waals surface area (Å²) in [6, 6.07) is 6.36. The van der Waals surface area contributed by atoms with Crippen LogP contribution in [0, 0.1) is 5.82 Å². The number of hydrogen-bond donors (Lipinski definition) is 2. The highest BCUT2D eigenvalue weighted by Gasteiger charge is 2.43. The Hall–Kier alpha value is -3.67. The van der Waals surface area contributed by atoms with Crippen molar-refractivity contribution in [1.29, 1.82) is 0 Å².